The lowest BCUT2D eigenvalue weighted by Gasteiger charge is -2.14. The molecule has 12 aromatic rings. The van der Waals surface area contributed by atoms with Crippen LogP contribution in [0.3, 0.4) is 0 Å². The molecule has 8 aromatic carbocycles. The smallest absolute Gasteiger partial charge is 0.164 e. The molecule has 266 valence electrons. The second-order valence-electron chi connectivity index (χ2n) is 14.4. The third-order valence-corrected chi connectivity index (χ3v) is 11.2. The Hall–Kier alpha value is -7.83. The summed E-state index contributed by atoms with van der Waals surface area (Å²) < 4.78 is 11.1. The molecule has 57 heavy (non-hydrogen) atoms. The van der Waals surface area contributed by atoms with Crippen LogP contribution in [0.4, 0.5) is 0 Å². The maximum absolute atomic E-state index is 6.29. The molecule has 12 rings (SSSR count). The van der Waals surface area contributed by atoms with E-state index in [1.807, 2.05) is 54.6 Å². The van der Waals surface area contributed by atoms with Crippen LogP contribution >= 0.6 is 0 Å². The summed E-state index contributed by atoms with van der Waals surface area (Å²) in [5.74, 6) is 1.79. The van der Waals surface area contributed by atoms with E-state index in [9.17, 15) is 0 Å². The molecule has 0 atom stereocenters. The first-order valence-electron chi connectivity index (χ1n) is 19.1. The van der Waals surface area contributed by atoms with Gasteiger partial charge in [0.25, 0.3) is 0 Å². The number of furan rings is 1. The van der Waals surface area contributed by atoms with Crippen molar-refractivity contribution < 1.29 is 4.42 Å². The average Bonchev–Trinajstić information content (AvgIpc) is 3.94. The molecule has 0 bridgehead atoms. The first kappa shape index (κ1) is 31.5. The zero-order chi connectivity index (χ0) is 37.5. The normalized spacial score (nSPS) is 11.9. The summed E-state index contributed by atoms with van der Waals surface area (Å²) in [6.45, 7) is 0. The summed E-state index contributed by atoms with van der Waals surface area (Å²) in [6, 6.07) is 65.7. The predicted octanol–water partition coefficient (Wildman–Crippen LogP) is 13.0. The van der Waals surface area contributed by atoms with Crippen LogP contribution < -0.4 is 0 Å². The fraction of sp³-hybridized carbons (Fsp3) is 0. The zero-order valence-corrected chi connectivity index (χ0v) is 30.5. The first-order valence-corrected chi connectivity index (χ1v) is 19.1. The minimum absolute atomic E-state index is 0.582. The van der Waals surface area contributed by atoms with Gasteiger partial charge in [-0.05, 0) is 54.6 Å². The molecule has 6 heteroatoms. The minimum atomic E-state index is 0.582. The highest BCUT2D eigenvalue weighted by Gasteiger charge is 2.21. The lowest BCUT2D eigenvalue weighted by Crippen LogP contribution is -2.01. The number of nitrogens with zero attached hydrogens (tertiary/aromatic N) is 5. The lowest BCUT2D eigenvalue weighted by molar-refractivity contribution is 0.669. The van der Waals surface area contributed by atoms with Crippen LogP contribution in [0.15, 0.2) is 192 Å². The van der Waals surface area contributed by atoms with Gasteiger partial charge in [-0.1, -0.05) is 133 Å². The number of benzene rings is 8. The highest BCUT2D eigenvalue weighted by Crippen LogP contribution is 2.41. The Morgan fingerprint density at radius 1 is 0.333 bits per heavy atom. The van der Waals surface area contributed by atoms with E-state index >= 15 is 0 Å². The highest BCUT2D eigenvalue weighted by atomic mass is 16.3. The lowest BCUT2D eigenvalue weighted by atomic mass is 10.1. The molecule has 0 saturated carbocycles. The van der Waals surface area contributed by atoms with Crippen molar-refractivity contribution in [1.82, 2.24) is 24.1 Å². The van der Waals surface area contributed by atoms with Gasteiger partial charge >= 0.3 is 0 Å². The molecule has 0 aliphatic rings. The van der Waals surface area contributed by atoms with Crippen molar-refractivity contribution in [2.45, 2.75) is 0 Å². The van der Waals surface area contributed by atoms with Crippen LogP contribution in [0.2, 0.25) is 0 Å². The van der Waals surface area contributed by atoms with Crippen LogP contribution in [0.25, 0.3) is 111 Å². The van der Waals surface area contributed by atoms with Crippen molar-refractivity contribution >= 4 is 65.6 Å². The molecule has 0 unspecified atom stereocenters. The van der Waals surface area contributed by atoms with E-state index in [2.05, 4.69) is 143 Å². The third kappa shape index (κ3) is 4.87. The molecule has 0 radical (unpaired) electrons. The molecule has 4 heterocycles. The van der Waals surface area contributed by atoms with Crippen LogP contribution in [-0.2, 0) is 0 Å². The first-order chi connectivity index (χ1) is 28.3. The van der Waals surface area contributed by atoms with Crippen molar-refractivity contribution in [2.75, 3.05) is 0 Å². The Labute approximate surface area is 326 Å². The number of rotatable bonds is 5. The summed E-state index contributed by atoms with van der Waals surface area (Å²) >= 11 is 0. The van der Waals surface area contributed by atoms with Crippen LogP contribution in [-0.4, -0.2) is 24.1 Å². The maximum atomic E-state index is 6.29. The second kappa shape index (κ2) is 12.3. The van der Waals surface area contributed by atoms with Crippen molar-refractivity contribution in [1.29, 1.82) is 0 Å². The molecule has 6 nitrogen and oxygen atoms in total. The van der Waals surface area contributed by atoms with Gasteiger partial charge in [0.15, 0.2) is 17.5 Å². The monoisotopic (exact) mass is 729 g/mol. The highest BCUT2D eigenvalue weighted by molar-refractivity contribution is 6.15. The van der Waals surface area contributed by atoms with Gasteiger partial charge in [0.05, 0.1) is 27.8 Å². The maximum Gasteiger partial charge on any atom is 0.164 e. The molecule has 0 saturated heterocycles. The SMILES string of the molecule is c1ccc(-c2nc(-c3ccc4c(c3)oc3ccccc34)nc(-c3ccc4c5ccccc5n(-c5cccc6c7ccccc7n(-c7ccccc7)c56)c4c3)n2)cc1. The van der Waals surface area contributed by atoms with E-state index in [1.165, 1.54) is 21.7 Å². The van der Waals surface area contributed by atoms with Crippen molar-refractivity contribution in [3.63, 3.8) is 0 Å². The van der Waals surface area contributed by atoms with Crippen LogP contribution in [0, 0.1) is 0 Å². The zero-order valence-electron chi connectivity index (χ0n) is 30.5. The Balaban J connectivity index is 1.11. The van der Waals surface area contributed by atoms with Gasteiger partial charge in [0.1, 0.15) is 11.2 Å². The van der Waals surface area contributed by atoms with Gasteiger partial charge in [0, 0.05) is 54.7 Å². The number of hydrogen-bond acceptors (Lipinski definition) is 4. The molecule has 0 amide bonds. The Morgan fingerprint density at radius 3 is 1.61 bits per heavy atom. The Kier molecular flexibility index (Phi) is 6.83. The topological polar surface area (TPSA) is 61.7 Å². The minimum Gasteiger partial charge on any atom is -0.456 e. The molecular weight excluding hydrogens is 699 g/mol. The van der Waals surface area contributed by atoms with E-state index in [0.717, 1.165) is 71.9 Å². The number of hydrogen-bond donors (Lipinski definition) is 0. The quantitative estimate of drug-likeness (QED) is 0.177. The molecule has 0 N–H and O–H groups in total. The number of aromatic nitrogens is 5. The Morgan fingerprint density at radius 2 is 0.860 bits per heavy atom. The number of para-hydroxylation sites is 5. The van der Waals surface area contributed by atoms with Crippen molar-refractivity contribution in [2.24, 2.45) is 0 Å². The standard InChI is InChI=1S/C51H31N5O/c1-3-14-32(15-4-1)49-52-50(54-51(53-49)34-27-29-40-39-20-9-12-25-46(39)57-47(40)31-34)33-26-28-38-36-18-7-11-23-43(36)56(45(38)30-33)44-24-13-21-41-37-19-8-10-22-42(37)55(48(41)44)35-16-5-2-6-17-35/h1-31H. The van der Waals surface area contributed by atoms with E-state index in [-0.39, 0.29) is 0 Å². The van der Waals surface area contributed by atoms with E-state index in [0.29, 0.717) is 17.5 Å². The second-order valence-corrected chi connectivity index (χ2v) is 14.4. The van der Waals surface area contributed by atoms with E-state index < -0.39 is 0 Å². The van der Waals surface area contributed by atoms with E-state index in [4.69, 9.17) is 19.4 Å². The average molecular weight is 730 g/mol. The van der Waals surface area contributed by atoms with Gasteiger partial charge < -0.3 is 13.6 Å². The van der Waals surface area contributed by atoms with Crippen molar-refractivity contribution in [3.05, 3.63) is 188 Å². The molecule has 4 aromatic heterocycles. The molecular formula is C51H31N5O. The largest absolute Gasteiger partial charge is 0.456 e. The summed E-state index contributed by atoms with van der Waals surface area (Å²) in [6.07, 6.45) is 0. The van der Waals surface area contributed by atoms with Crippen LogP contribution in [0.1, 0.15) is 0 Å². The molecule has 0 aliphatic carbocycles. The summed E-state index contributed by atoms with van der Waals surface area (Å²) in [5.41, 5.74) is 11.0. The molecule has 0 fully saturated rings. The van der Waals surface area contributed by atoms with Gasteiger partial charge in [-0.15, -0.1) is 0 Å². The predicted molar refractivity (Wildman–Crippen MR) is 232 cm³/mol. The van der Waals surface area contributed by atoms with E-state index in [1.54, 1.807) is 0 Å². The van der Waals surface area contributed by atoms with Gasteiger partial charge in [-0.25, -0.2) is 15.0 Å². The molecule has 0 spiro atoms. The fourth-order valence-corrected chi connectivity index (χ4v) is 8.61. The van der Waals surface area contributed by atoms with Gasteiger partial charge in [-0.3, -0.25) is 0 Å². The van der Waals surface area contributed by atoms with Gasteiger partial charge in [-0.2, -0.15) is 0 Å². The summed E-state index contributed by atoms with van der Waals surface area (Å²) in [4.78, 5) is 15.4. The fourth-order valence-electron chi connectivity index (χ4n) is 8.61. The number of fused-ring (bicyclic) bond motifs is 9. The third-order valence-electron chi connectivity index (χ3n) is 11.2. The summed E-state index contributed by atoms with van der Waals surface area (Å²) in [7, 11) is 0. The van der Waals surface area contributed by atoms with Gasteiger partial charge in [0.2, 0.25) is 0 Å². The summed E-state index contributed by atoms with van der Waals surface area (Å²) in [5, 5.41) is 6.90. The molecule has 0 aliphatic heterocycles. The Bertz CT molecular complexity index is 3520. The van der Waals surface area contributed by atoms with Crippen molar-refractivity contribution in [3.8, 4) is 45.5 Å². The van der Waals surface area contributed by atoms with Crippen LogP contribution in [0.5, 0.6) is 0 Å².